The second kappa shape index (κ2) is 7.24. The minimum Gasteiger partial charge on any atom is -0.497 e. The molecule has 0 unspecified atom stereocenters. The Bertz CT molecular complexity index is 1100. The van der Waals surface area contributed by atoms with Gasteiger partial charge < -0.3 is 19.0 Å². The van der Waals surface area contributed by atoms with Crippen LogP contribution in [0, 0.1) is 0 Å². The normalized spacial score (nSPS) is 10.9. The number of aromatic amines is 1. The van der Waals surface area contributed by atoms with E-state index >= 15 is 0 Å². The predicted octanol–water partition coefficient (Wildman–Crippen LogP) is 4.35. The fourth-order valence-corrected chi connectivity index (χ4v) is 2.99. The van der Waals surface area contributed by atoms with Crippen molar-refractivity contribution in [3.63, 3.8) is 0 Å². The monoisotopic (exact) mass is 427 g/mol. The highest BCUT2D eigenvalue weighted by Crippen LogP contribution is 2.24. The molecule has 0 fully saturated rings. The molecule has 27 heavy (non-hydrogen) atoms. The molecule has 8 heteroatoms. The molecule has 136 valence electrons. The maximum Gasteiger partial charge on any atom is 0.340 e. The van der Waals surface area contributed by atoms with E-state index in [1.807, 2.05) is 30.3 Å². The molecule has 0 bridgehead atoms. The number of H-pyrrole nitrogens is 1. The van der Waals surface area contributed by atoms with Crippen LogP contribution in [0.2, 0.25) is 0 Å². The Labute approximate surface area is 162 Å². The molecule has 0 aliphatic heterocycles. The van der Waals surface area contributed by atoms with Gasteiger partial charge in [-0.05, 0) is 42.5 Å². The van der Waals surface area contributed by atoms with Crippen molar-refractivity contribution in [1.82, 2.24) is 15.1 Å². The van der Waals surface area contributed by atoms with Crippen molar-refractivity contribution >= 4 is 32.8 Å². The third kappa shape index (κ3) is 3.56. The van der Waals surface area contributed by atoms with Gasteiger partial charge in [0.1, 0.15) is 5.75 Å². The lowest BCUT2D eigenvalue weighted by Gasteiger charge is -2.01. The van der Waals surface area contributed by atoms with Crippen LogP contribution in [0.5, 0.6) is 5.75 Å². The van der Waals surface area contributed by atoms with Gasteiger partial charge in [0.15, 0.2) is 6.61 Å². The first-order valence-corrected chi connectivity index (χ1v) is 8.84. The molecule has 1 N–H and O–H groups in total. The van der Waals surface area contributed by atoms with E-state index in [4.69, 9.17) is 14.0 Å². The standard InChI is InChI=1S/C19H14BrN3O4/c1-25-13-5-2-11(3-6-13)18-22-17(23-27-18)10-26-19(24)15-9-21-16-7-4-12(20)8-14(15)16/h2-9,21H,10H2,1H3. The van der Waals surface area contributed by atoms with Crippen molar-refractivity contribution in [2.75, 3.05) is 7.11 Å². The Hall–Kier alpha value is -3.13. The van der Waals surface area contributed by atoms with E-state index in [1.165, 1.54) is 0 Å². The van der Waals surface area contributed by atoms with Crippen LogP contribution in [0.1, 0.15) is 16.2 Å². The van der Waals surface area contributed by atoms with Gasteiger partial charge in [-0.1, -0.05) is 21.1 Å². The smallest absolute Gasteiger partial charge is 0.340 e. The summed E-state index contributed by atoms with van der Waals surface area (Å²) in [5.74, 6) is 0.905. The first-order valence-electron chi connectivity index (χ1n) is 8.05. The van der Waals surface area contributed by atoms with E-state index in [-0.39, 0.29) is 12.4 Å². The predicted molar refractivity (Wildman–Crippen MR) is 101 cm³/mol. The number of esters is 1. The van der Waals surface area contributed by atoms with Gasteiger partial charge in [-0.2, -0.15) is 4.98 Å². The summed E-state index contributed by atoms with van der Waals surface area (Å²) >= 11 is 3.40. The number of hydrogen-bond acceptors (Lipinski definition) is 6. The average Bonchev–Trinajstić information content (AvgIpc) is 3.33. The molecule has 2 aromatic heterocycles. The summed E-state index contributed by atoms with van der Waals surface area (Å²) in [5.41, 5.74) is 2.05. The van der Waals surface area contributed by atoms with Crippen molar-refractivity contribution in [3.05, 3.63) is 64.5 Å². The molecule has 0 saturated heterocycles. The molecule has 0 spiro atoms. The van der Waals surface area contributed by atoms with Crippen LogP contribution in [0.4, 0.5) is 0 Å². The number of nitrogens with zero attached hydrogens (tertiary/aromatic N) is 2. The molecule has 0 amide bonds. The topological polar surface area (TPSA) is 90.2 Å². The van der Waals surface area contributed by atoms with Gasteiger partial charge >= 0.3 is 5.97 Å². The molecule has 0 saturated carbocycles. The summed E-state index contributed by atoms with van der Waals surface area (Å²) in [4.78, 5) is 19.7. The zero-order chi connectivity index (χ0) is 18.8. The van der Waals surface area contributed by atoms with Crippen molar-refractivity contribution < 1.29 is 18.8 Å². The van der Waals surface area contributed by atoms with Crippen LogP contribution in [0.25, 0.3) is 22.4 Å². The van der Waals surface area contributed by atoms with E-state index < -0.39 is 5.97 Å². The van der Waals surface area contributed by atoms with Gasteiger partial charge in [-0.25, -0.2) is 4.79 Å². The van der Waals surface area contributed by atoms with Gasteiger partial charge in [0.2, 0.25) is 5.82 Å². The van der Waals surface area contributed by atoms with Gasteiger partial charge in [-0.15, -0.1) is 0 Å². The number of methoxy groups -OCH3 is 1. The van der Waals surface area contributed by atoms with Crippen molar-refractivity contribution in [2.24, 2.45) is 0 Å². The van der Waals surface area contributed by atoms with Crippen molar-refractivity contribution in [3.8, 4) is 17.2 Å². The number of rotatable bonds is 5. The van der Waals surface area contributed by atoms with E-state index in [1.54, 1.807) is 25.4 Å². The number of benzene rings is 2. The number of nitrogens with one attached hydrogen (secondary N) is 1. The largest absolute Gasteiger partial charge is 0.497 e. The molecular formula is C19H14BrN3O4. The van der Waals surface area contributed by atoms with E-state index in [2.05, 4.69) is 31.1 Å². The SMILES string of the molecule is COc1ccc(-c2nc(COC(=O)c3c[nH]c4ccc(Br)cc34)no2)cc1. The molecule has 0 aliphatic rings. The number of aromatic nitrogens is 3. The highest BCUT2D eigenvalue weighted by Gasteiger charge is 2.16. The Kier molecular flexibility index (Phi) is 4.64. The molecule has 0 aliphatic carbocycles. The zero-order valence-corrected chi connectivity index (χ0v) is 15.8. The van der Waals surface area contributed by atoms with E-state index in [0.29, 0.717) is 11.5 Å². The third-order valence-corrected chi connectivity index (χ3v) is 4.49. The second-order valence-corrected chi connectivity index (χ2v) is 6.63. The van der Waals surface area contributed by atoms with Crippen LogP contribution in [-0.2, 0) is 11.3 Å². The quantitative estimate of drug-likeness (QED) is 0.476. The van der Waals surface area contributed by atoms with Crippen molar-refractivity contribution in [2.45, 2.75) is 6.61 Å². The summed E-state index contributed by atoms with van der Waals surface area (Å²) in [6.45, 7) is -0.0842. The summed E-state index contributed by atoms with van der Waals surface area (Å²) in [6.07, 6.45) is 1.62. The van der Waals surface area contributed by atoms with Gasteiger partial charge in [0.05, 0.1) is 12.7 Å². The molecule has 0 atom stereocenters. The Morgan fingerprint density at radius 2 is 2.04 bits per heavy atom. The van der Waals surface area contributed by atoms with Crippen LogP contribution in [0.15, 0.2) is 57.7 Å². The molecule has 0 radical (unpaired) electrons. The summed E-state index contributed by atoms with van der Waals surface area (Å²) in [7, 11) is 1.60. The Morgan fingerprint density at radius 1 is 1.22 bits per heavy atom. The Balaban J connectivity index is 1.46. The number of carbonyl (C=O) groups is 1. The average molecular weight is 428 g/mol. The summed E-state index contributed by atoms with van der Waals surface area (Å²) < 4.78 is 16.6. The number of halogens is 1. The maximum atomic E-state index is 12.4. The highest BCUT2D eigenvalue weighted by atomic mass is 79.9. The summed E-state index contributed by atoms with van der Waals surface area (Å²) in [6, 6.07) is 12.9. The molecule has 2 aromatic carbocycles. The fourth-order valence-electron chi connectivity index (χ4n) is 2.63. The lowest BCUT2D eigenvalue weighted by molar-refractivity contribution is 0.0462. The van der Waals surface area contributed by atoms with E-state index in [9.17, 15) is 4.79 Å². The van der Waals surface area contributed by atoms with Crippen LogP contribution in [-0.4, -0.2) is 28.2 Å². The first kappa shape index (κ1) is 17.3. The molecule has 2 heterocycles. The van der Waals surface area contributed by atoms with Gasteiger partial charge in [0, 0.05) is 27.1 Å². The van der Waals surface area contributed by atoms with Crippen LogP contribution < -0.4 is 4.74 Å². The number of carbonyl (C=O) groups excluding carboxylic acids is 1. The second-order valence-electron chi connectivity index (χ2n) is 5.71. The first-order chi connectivity index (χ1) is 13.1. The minimum atomic E-state index is -0.463. The van der Waals surface area contributed by atoms with Crippen LogP contribution >= 0.6 is 15.9 Å². The highest BCUT2D eigenvalue weighted by molar-refractivity contribution is 9.10. The number of ether oxygens (including phenoxy) is 2. The van der Waals surface area contributed by atoms with Gasteiger partial charge in [-0.3, -0.25) is 0 Å². The molecule has 4 aromatic rings. The van der Waals surface area contributed by atoms with Crippen LogP contribution in [0.3, 0.4) is 0 Å². The summed E-state index contributed by atoms with van der Waals surface area (Å²) in [5, 5.41) is 4.63. The zero-order valence-electron chi connectivity index (χ0n) is 14.2. The minimum absolute atomic E-state index is 0.0842. The molecular weight excluding hydrogens is 414 g/mol. The molecule has 4 rings (SSSR count). The third-order valence-electron chi connectivity index (χ3n) is 4.00. The number of fused-ring (bicyclic) bond motifs is 1. The lowest BCUT2D eigenvalue weighted by atomic mass is 10.2. The lowest BCUT2D eigenvalue weighted by Crippen LogP contribution is -2.05. The maximum absolute atomic E-state index is 12.4. The fraction of sp³-hybridized carbons (Fsp3) is 0.105. The molecule has 7 nitrogen and oxygen atoms in total. The van der Waals surface area contributed by atoms with Crippen molar-refractivity contribution in [1.29, 1.82) is 0 Å². The number of hydrogen-bond donors (Lipinski definition) is 1. The van der Waals surface area contributed by atoms with E-state index in [0.717, 1.165) is 26.7 Å². The Morgan fingerprint density at radius 3 is 2.81 bits per heavy atom. The van der Waals surface area contributed by atoms with Gasteiger partial charge in [0.25, 0.3) is 5.89 Å².